The van der Waals surface area contributed by atoms with Crippen molar-refractivity contribution in [1.29, 1.82) is 0 Å². The third-order valence-electron chi connectivity index (χ3n) is 2.77. The largest absolute Gasteiger partial charge is 0.478 e. The first-order chi connectivity index (χ1) is 9.47. The molecule has 4 N–H and O–H groups in total. The Kier molecular flexibility index (Phi) is 3.79. The van der Waals surface area contributed by atoms with Gasteiger partial charge in [-0.1, -0.05) is 0 Å². The second-order valence-corrected chi connectivity index (χ2v) is 4.48. The first-order valence-electron chi connectivity index (χ1n) is 6.00. The highest BCUT2D eigenvalue weighted by Gasteiger charge is 2.11. The summed E-state index contributed by atoms with van der Waals surface area (Å²) in [5, 5.41) is 12.7. The number of fused-ring (bicyclic) bond motifs is 1. The summed E-state index contributed by atoms with van der Waals surface area (Å²) in [6.07, 6.45) is 1.52. The molecule has 1 aromatic carbocycles. The molecule has 7 heteroatoms. The number of carboxylic acid groups (broad SMARTS) is 1. The second kappa shape index (κ2) is 5.52. The van der Waals surface area contributed by atoms with Gasteiger partial charge in [-0.05, 0) is 25.1 Å². The highest BCUT2D eigenvalue weighted by molar-refractivity contribution is 5.96. The SMILES string of the molecule is CC(CC(N)=O)Nc1ncnc2cc(C(=O)O)ccc12. The monoisotopic (exact) mass is 274 g/mol. The molecule has 1 amide bonds. The number of hydrogen-bond acceptors (Lipinski definition) is 5. The molecule has 0 fully saturated rings. The van der Waals surface area contributed by atoms with Crippen LogP contribution in [0, 0.1) is 0 Å². The maximum Gasteiger partial charge on any atom is 0.335 e. The topological polar surface area (TPSA) is 118 Å². The highest BCUT2D eigenvalue weighted by atomic mass is 16.4. The van der Waals surface area contributed by atoms with Crippen molar-refractivity contribution in [2.75, 3.05) is 5.32 Å². The molecular formula is C13H14N4O3. The van der Waals surface area contributed by atoms with Crippen molar-refractivity contribution in [2.45, 2.75) is 19.4 Å². The molecule has 0 saturated heterocycles. The third kappa shape index (κ3) is 3.00. The number of amides is 1. The van der Waals surface area contributed by atoms with Gasteiger partial charge in [-0.15, -0.1) is 0 Å². The number of anilines is 1. The van der Waals surface area contributed by atoms with Crippen molar-refractivity contribution in [3.63, 3.8) is 0 Å². The molecule has 2 rings (SSSR count). The number of primary amides is 1. The van der Waals surface area contributed by atoms with E-state index in [4.69, 9.17) is 10.8 Å². The predicted octanol–water partition coefficient (Wildman–Crippen LogP) is 1.00. The molecule has 7 nitrogen and oxygen atoms in total. The zero-order valence-corrected chi connectivity index (χ0v) is 10.8. The van der Waals surface area contributed by atoms with Crippen LogP contribution in [0.15, 0.2) is 24.5 Å². The number of aromatic nitrogens is 2. The molecule has 0 saturated carbocycles. The fourth-order valence-electron chi connectivity index (χ4n) is 1.89. The number of nitrogens with one attached hydrogen (secondary N) is 1. The Labute approximate surface area is 114 Å². The molecule has 20 heavy (non-hydrogen) atoms. The van der Waals surface area contributed by atoms with Crippen molar-refractivity contribution in [1.82, 2.24) is 9.97 Å². The van der Waals surface area contributed by atoms with Crippen molar-refractivity contribution >= 4 is 28.6 Å². The summed E-state index contributed by atoms with van der Waals surface area (Å²) in [7, 11) is 0. The number of aromatic carboxylic acids is 1. The molecule has 0 spiro atoms. The van der Waals surface area contributed by atoms with Crippen LogP contribution in [0.5, 0.6) is 0 Å². The van der Waals surface area contributed by atoms with E-state index in [-0.39, 0.29) is 18.0 Å². The molecule has 0 radical (unpaired) electrons. The van der Waals surface area contributed by atoms with E-state index in [0.29, 0.717) is 16.7 Å². The van der Waals surface area contributed by atoms with E-state index < -0.39 is 11.9 Å². The van der Waals surface area contributed by atoms with Gasteiger partial charge in [0.2, 0.25) is 5.91 Å². The van der Waals surface area contributed by atoms with Crippen LogP contribution in [0.25, 0.3) is 10.9 Å². The molecule has 1 unspecified atom stereocenters. The standard InChI is InChI=1S/C13H14N4O3/c1-7(4-11(14)18)17-12-9-3-2-8(13(19)20)5-10(9)15-6-16-12/h2-3,5-7H,4H2,1H3,(H2,14,18)(H,19,20)(H,15,16,17). The van der Waals surface area contributed by atoms with E-state index in [9.17, 15) is 9.59 Å². The van der Waals surface area contributed by atoms with Gasteiger partial charge in [0, 0.05) is 17.8 Å². The average molecular weight is 274 g/mol. The van der Waals surface area contributed by atoms with E-state index >= 15 is 0 Å². The Bertz CT molecular complexity index is 672. The number of rotatable bonds is 5. The van der Waals surface area contributed by atoms with Crippen LogP contribution in [0.4, 0.5) is 5.82 Å². The lowest BCUT2D eigenvalue weighted by molar-refractivity contribution is -0.118. The molecule has 0 aliphatic carbocycles. The number of benzene rings is 1. The summed E-state index contributed by atoms with van der Waals surface area (Å²) >= 11 is 0. The normalized spacial score (nSPS) is 12.1. The van der Waals surface area contributed by atoms with Crippen LogP contribution >= 0.6 is 0 Å². The fourth-order valence-corrected chi connectivity index (χ4v) is 1.89. The van der Waals surface area contributed by atoms with Gasteiger partial charge in [-0.25, -0.2) is 14.8 Å². The lowest BCUT2D eigenvalue weighted by Crippen LogP contribution is -2.24. The van der Waals surface area contributed by atoms with Gasteiger partial charge in [0.05, 0.1) is 11.1 Å². The molecule has 1 aromatic heterocycles. The Morgan fingerprint density at radius 1 is 1.40 bits per heavy atom. The summed E-state index contributed by atoms with van der Waals surface area (Å²) in [5.41, 5.74) is 5.82. The zero-order chi connectivity index (χ0) is 14.7. The van der Waals surface area contributed by atoms with E-state index in [2.05, 4.69) is 15.3 Å². The highest BCUT2D eigenvalue weighted by Crippen LogP contribution is 2.21. The smallest absolute Gasteiger partial charge is 0.335 e. The Balaban J connectivity index is 2.35. The molecule has 1 heterocycles. The van der Waals surface area contributed by atoms with Crippen LogP contribution in [0.3, 0.4) is 0 Å². The third-order valence-corrected chi connectivity index (χ3v) is 2.77. The van der Waals surface area contributed by atoms with Gasteiger partial charge in [0.25, 0.3) is 0 Å². The lowest BCUT2D eigenvalue weighted by Gasteiger charge is -2.14. The van der Waals surface area contributed by atoms with Crippen LogP contribution in [0.1, 0.15) is 23.7 Å². The summed E-state index contributed by atoms with van der Waals surface area (Å²) in [4.78, 5) is 29.9. The molecular weight excluding hydrogens is 260 g/mol. The Hall–Kier alpha value is -2.70. The molecule has 2 aromatic rings. The minimum absolute atomic E-state index is 0.160. The minimum Gasteiger partial charge on any atom is -0.478 e. The number of carbonyl (C=O) groups is 2. The van der Waals surface area contributed by atoms with Crippen LogP contribution < -0.4 is 11.1 Å². The van der Waals surface area contributed by atoms with Crippen LogP contribution in [0.2, 0.25) is 0 Å². The number of carbonyl (C=O) groups excluding carboxylic acids is 1. The summed E-state index contributed by atoms with van der Waals surface area (Å²) in [6.45, 7) is 1.81. The predicted molar refractivity (Wildman–Crippen MR) is 73.4 cm³/mol. The number of carboxylic acids is 1. The first kappa shape index (κ1) is 13.7. The van der Waals surface area contributed by atoms with Crippen LogP contribution in [-0.4, -0.2) is 33.0 Å². The summed E-state index contributed by atoms with van der Waals surface area (Å²) in [5.74, 6) is -0.876. The summed E-state index contributed by atoms with van der Waals surface area (Å²) < 4.78 is 0. The van der Waals surface area contributed by atoms with Gasteiger partial charge in [0.15, 0.2) is 0 Å². The molecule has 0 aliphatic heterocycles. The van der Waals surface area contributed by atoms with E-state index in [1.54, 1.807) is 6.07 Å². The van der Waals surface area contributed by atoms with Gasteiger partial charge in [-0.3, -0.25) is 4.79 Å². The number of hydrogen-bond donors (Lipinski definition) is 3. The zero-order valence-electron chi connectivity index (χ0n) is 10.8. The van der Waals surface area contributed by atoms with Crippen LogP contribution in [-0.2, 0) is 4.79 Å². The van der Waals surface area contributed by atoms with E-state index in [0.717, 1.165) is 0 Å². The van der Waals surface area contributed by atoms with Gasteiger partial charge >= 0.3 is 5.97 Å². The van der Waals surface area contributed by atoms with E-state index in [1.807, 2.05) is 6.92 Å². The van der Waals surface area contributed by atoms with Gasteiger partial charge in [-0.2, -0.15) is 0 Å². The van der Waals surface area contributed by atoms with Gasteiger partial charge in [0.1, 0.15) is 12.1 Å². The molecule has 0 aliphatic rings. The van der Waals surface area contributed by atoms with Crippen molar-refractivity contribution in [3.8, 4) is 0 Å². The second-order valence-electron chi connectivity index (χ2n) is 4.48. The Morgan fingerprint density at radius 3 is 2.80 bits per heavy atom. The quantitative estimate of drug-likeness (QED) is 0.748. The van der Waals surface area contributed by atoms with E-state index in [1.165, 1.54) is 18.5 Å². The first-order valence-corrected chi connectivity index (χ1v) is 6.00. The minimum atomic E-state index is -1.01. The van der Waals surface area contributed by atoms with Crippen molar-refractivity contribution < 1.29 is 14.7 Å². The van der Waals surface area contributed by atoms with Crippen molar-refractivity contribution in [3.05, 3.63) is 30.1 Å². The van der Waals surface area contributed by atoms with Crippen molar-refractivity contribution in [2.24, 2.45) is 5.73 Å². The lowest BCUT2D eigenvalue weighted by atomic mass is 10.1. The Morgan fingerprint density at radius 2 is 2.15 bits per heavy atom. The van der Waals surface area contributed by atoms with Gasteiger partial charge < -0.3 is 16.2 Å². The number of nitrogens with two attached hydrogens (primary N) is 1. The molecule has 1 atom stereocenters. The average Bonchev–Trinajstić information content (AvgIpc) is 2.37. The summed E-state index contributed by atoms with van der Waals surface area (Å²) in [6, 6.07) is 4.42. The fraction of sp³-hybridized carbons (Fsp3) is 0.231. The number of nitrogens with zero attached hydrogens (tertiary/aromatic N) is 2. The molecule has 0 bridgehead atoms. The molecule has 104 valence electrons. The maximum atomic E-state index is 10.9. The maximum absolute atomic E-state index is 10.9.